The van der Waals surface area contributed by atoms with Gasteiger partial charge < -0.3 is 15.2 Å². The zero-order chi connectivity index (χ0) is 22.8. The summed E-state index contributed by atoms with van der Waals surface area (Å²) in [5.41, 5.74) is 3.72. The van der Waals surface area contributed by atoms with Gasteiger partial charge >= 0.3 is 0 Å². The predicted molar refractivity (Wildman–Crippen MR) is 129 cm³/mol. The predicted octanol–water partition coefficient (Wildman–Crippen LogP) is 2.57. The van der Waals surface area contributed by atoms with E-state index in [2.05, 4.69) is 43.1 Å². The summed E-state index contributed by atoms with van der Waals surface area (Å²) in [6.07, 6.45) is 11.2. The first-order chi connectivity index (χ1) is 16.1. The van der Waals surface area contributed by atoms with Gasteiger partial charge in [0, 0.05) is 24.2 Å². The van der Waals surface area contributed by atoms with Gasteiger partial charge in [-0.05, 0) is 68.6 Å². The van der Waals surface area contributed by atoms with Crippen LogP contribution in [0.15, 0.2) is 35.3 Å². The van der Waals surface area contributed by atoms with Crippen LogP contribution >= 0.6 is 0 Å². The van der Waals surface area contributed by atoms with E-state index in [4.69, 9.17) is 0 Å². The van der Waals surface area contributed by atoms with Crippen molar-refractivity contribution in [2.75, 3.05) is 38.1 Å². The minimum absolute atomic E-state index is 0.126. The number of anilines is 1. The van der Waals surface area contributed by atoms with Crippen molar-refractivity contribution < 1.29 is 9.37 Å². The van der Waals surface area contributed by atoms with Crippen LogP contribution in [0.3, 0.4) is 0 Å². The average molecular weight is 449 g/mol. The van der Waals surface area contributed by atoms with E-state index in [1.54, 1.807) is 19.3 Å². The Morgan fingerprint density at radius 1 is 1.18 bits per heavy atom. The highest BCUT2D eigenvalue weighted by molar-refractivity contribution is 5.92. The van der Waals surface area contributed by atoms with Crippen LogP contribution in [0.25, 0.3) is 0 Å². The van der Waals surface area contributed by atoms with Crippen molar-refractivity contribution in [3.63, 3.8) is 0 Å². The SMILES string of the molecule is CNC(=O)c1ccc(N2CC[N+](=CC3CC[C@@H](c4ccc(CC5CC5)c(=O)[nH]4)C3)CC2)cn1. The summed E-state index contributed by atoms with van der Waals surface area (Å²) in [5, 5.41) is 2.60. The summed E-state index contributed by atoms with van der Waals surface area (Å²) < 4.78 is 2.46. The molecule has 3 aliphatic rings. The summed E-state index contributed by atoms with van der Waals surface area (Å²) >= 11 is 0. The third-order valence-electron chi connectivity index (χ3n) is 7.44. The molecule has 1 unspecified atom stereocenters. The number of nitrogens with zero attached hydrogens (tertiary/aromatic N) is 3. The summed E-state index contributed by atoms with van der Waals surface area (Å²) in [4.78, 5) is 34.0. The summed E-state index contributed by atoms with van der Waals surface area (Å²) in [5.74, 6) is 1.61. The van der Waals surface area contributed by atoms with Crippen molar-refractivity contribution in [1.29, 1.82) is 0 Å². The Kier molecular flexibility index (Phi) is 6.29. The average Bonchev–Trinajstić information content (AvgIpc) is 3.55. The molecule has 3 fully saturated rings. The molecule has 2 saturated carbocycles. The van der Waals surface area contributed by atoms with Crippen LogP contribution in [-0.2, 0) is 6.42 Å². The Morgan fingerprint density at radius 3 is 2.67 bits per heavy atom. The van der Waals surface area contributed by atoms with Crippen molar-refractivity contribution in [2.45, 2.75) is 44.4 Å². The van der Waals surface area contributed by atoms with Crippen LogP contribution in [0.1, 0.15) is 59.8 Å². The zero-order valence-corrected chi connectivity index (χ0v) is 19.4. The molecular formula is C26H34N5O2+. The molecule has 0 radical (unpaired) electrons. The van der Waals surface area contributed by atoms with Gasteiger partial charge in [0.05, 0.1) is 25.0 Å². The van der Waals surface area contributed by atoms with Crippen LogP contribution in [0.5, 0.6) is 0 Å². The lowest BCUT2D eigenvalue weighted by molar-refractivity contribution is -0.527. The summed E-state index contributed by atoms with van der Waals surface area (Å²) in [6.45, 7) is 3.88. The Hall–Kier alpha value is -2.96. The van der Waals surface area contributed by atoms with Gasteiger partial charge in [-0.25, -0.2) is 9.56 Å². The first-order valence-electron chi connectivity index (χ1n) is 12.3. The van der Waals surface area contributed by atoms with E-state index >= 15 is 0 Å². The molecule has 33 heavy (non-hydrogen) atoms. The Bertz CT molecular complexity index is 1080. The number of amides is 1. The monoisotopic (exact) mass is 448 g/mol. The lowest BCUT2D eigenvalue weighted by atomic mass is 10.00. The van der Waals surface area contributed by atoms with Crippen molar-refractivity contribution in [2.24, 2.45) is 11.8 Å². The van der Waals surface area contributed by atoms with E-state index in [0.29, 0.717) is 17.5 Å². The van der Waals surface area contributed by atoms with Gasteiger partial charge in [0.25, 0.3) is 11.5 Å². The standard InChI is InChI=1S/C26H33N5O2/c1-27-26(33)24-9-7-22(16-28-24)31-12-10-30(11-13-31)17-19-4-5-20(15-19)23-8-6-21(25(32)29-23)14-18-2-3-18/h6-9,16-20H,2-5,10-15H2,1H3,(H-,27,29,32,33)/p+1/t19?,20-/m1/s1. The molecule has 5 rings (SSSR count). The molecule has 2 N–H and O–H groups in total. The maximum atomic E-state index is 12.5. The van der Waals surface area contributed by atoms with Crippen LogP contribution < -0.4 is 15.8 Å². The first-order valence-corrected chi connectivity index (χ1v) is 12.3. The number of H-pyrrole nitrogens is 1. The van der Waals surface area contributed by atoms with E-state index in [-0.39, 0.29) is 11.5 Å². The number of rotatable bonds is 6. The number of pyridine rings is 2. The molecule has 0 spiro atoms. The second-order valence-electron chi connectivity index (χ2n) is 9.84. The van der Waals surface area contributed by atoms with Gasteiger partial charge in [-0.1, -0.05) is 6.07 Å². The normalized spacial score (nSPS) is 22.9. The minimum Gasteiger partial charge on any atom is -0.358 e. The van der Waals surface area contributed by atoms with Gasteiger partial charge in [-0.3, -0.25) is 9.59 Å². The molecule has 174 valence electrons. The molecule has 7 heteroatoms. The number of hydrogen-bond acceptors (Lipinski definition) is 4. The maximum Gasteiger partial charge on any atom is 0.269 e. The molecule has 1 aliphatic heterocycles. The highest BCUT2D eigenvalue weighted by Gasteiger charge is 2.30. The van der Waals surface area contributed by atoms with Crippen molar-refractivity contribution in [3.8, 4) is 0 Å². The van der Waals surface area contributed by atoms with Crippen molar-refractivity contribution >= 4 is 17.8 Å². The molecule has 0 aromatic carbocycles. The number of carbonyl (C=O) groups excluding carboxylic acids is 1. The van der Waals surface area contributed by atoms with Gasteiger partial charge in [-0.2, -0.15) is 0 Å². The number of aromatic nitrogens is 2. The van der Waals surface area contributed by atoms with E-state index in [1.807, 2.05) is 6.07 Å². The maximum absolute atomic E-state index is 12.5. The summed E-state index contributed by atoms with van der Waals surface area (Å²) in [7, 11) is 1.62. The first kappa shape index (κ1) is 21.9. The summed E-state index contributed by atoms with van der Waals surface area (Å²) in [6, 6.07) is 8.00. The number of nitrogens with one attached hydrogen (secondary N) is 2. The molecule has 1 amide bonds. The Morgan fingerprint density at radius 2 is 2.00 bits per heavy atom. The molecular weight excluding hydrogens is 414 g/mol. The van der Waals surface area contributed by atoms with Gasteiger partial charge in [0.15, 0.2) is 13.1 Å². The molecule has 2 atom stereocenters. The minimum atomic E-state index is -0.158. The topological polar surface area (TPSA) is 81.1 Å². The second kappa shape index (κ2) is 9.49. The lowest BCUT2D eigenvalue weighted by Crippen LogP contribution is -2.43. The van der Waals surface area contributed by atoms with E-state index < -0.39 is 0 Å². The fraction of sp³-hybridized carbons (Fsp3) is 0.538. The highest BCUT2D eigenvalue weighted by Crippen LogP contribution is 2.37. The third-order valence-corrected chi connectivity index (χ3v) is 7.44. The van der Waals surface area contributed by atoms with E-state index in [9.17, 15) is 9.59 Å². The zero-order valence-electron chi connectivity index (χ0n) is 19.4. The van der Waals surface area contributed by atoms with E-state index in [0.717, 1.165) is 68.3 Å². The second-order valence-corrected chi connectivity index (χ2v) is 9.84. The molecule has 2 aliphatic carbocycles. The molecule has 7 nitrogen and oxygen atoms in total. The molecule has 1 saturated heterocycles. The van der Waals surface area contributed by atoms with Crippen LogP contribution in [0.4, 0.5) is 5.69 Å². The fourth-order valence-electron chi connectivity index (χ4n) is 5.25. The smallest absolute Gasteiger partial charge is 0.269 e. The number of piperazine rings is 1. The van der Waals surface area contributed by atoms with Crippen molar-refractivity contribution in [1.82, 2.24) is 15.3 Å². The highest BCUT2D eigenvalue weighted by atomic mass is 16.1. The molecule has 0 bridgehead atoms. The van der Waals surface area contributed by atoms with Crippen LogP contribution in [-0.4, -0.2) is 59.9 Å². The van der Waals surface area contributed by atoms with Gasteiger partial charge in [-0.15, -0.1) is 0 Å². The third kappa shape index (κ3) is 5.18. The Balaban J connectivity index is 1.14. The van der Waals surface area contributed by atoms with Crippen molar-refractivity contribution in [3.05, 3.63) is 57.8 Å². The molecule has 2 aromatic heterocycles. The number of aromatic amines is 1. The lowest BCUT2D eigenvalue weighted by Gasteiger charge is -2.27. The quantitative estimate of drug-likeness (QED) is 0.666. The number of carbonyl (C=O) groups is 1. The van der Waals surface area contributed by atoms with Gasteiger partial charge in [0.2, 0.25) is 0 Å². The van der Waals surface area contributed by atoms with E-state index in [1.165, 1.54) is 19.3 Å². The van der Waals surface area contributed by atoms with Crippen LogP contribution in [0.2, 0.25) is 0 Å². The van der Waals surface area contributed by atoms with Crippen LogP contribution in [0, 0.1) is 11.8 Å². The van der Waals surface area contributed by atoms with Gasteiger partial charge in [0.1, 0.15) is 11.9 Å². The largest absolute Gasteiger partial charge is 0.358 e. The fourth-order valence-corrected chi connectivity index (χ4v) is 5.25. The number of hydrogen-bond donors (Lipinski definition) is 2. The molecule has 3 heterocycles. The Labute approximate surface area is 194 Å². The molecule has 2 aromatic rings.